The Kier molecular flexibility index (Phi) is 6.35. The van der Waals surface area contributed by atoms with Gasteiger partial charge in [0.15, 0.2) is 0 Å². The van der Waals surface area contributed by atoms with Crippen LogP contribution in [0, 0.1) is 5.92 Å². The third kappa shape index (κ3) is 5.25. The summed E-state index contributed by atoms with van der Waals surface area (Å²) in [6.07, 6.45) is 5.53. The maximum atomic E-state index is 3.45. The maximum Gasteiger partial charge on any atom is 0.0330 e. The number of hydrogen-bond acceptors (Lipinski definition) is 3. The summed E-state index contributed by atoms with van der Waals surface area (Å²) >= 11 is 1.88. The van der Waals surface area contributed by atoms with Crippen molar-refractivity contribution in [3.05, 3.63) is 22.4 Å². The average molecular weight is 280 g/mol. The Balaban J connectivity index is 1.70. The molecule has 1 aromatic heterocycles. The van der Waals surface area contributed by atoms with Crippen molar-refractivity contribution >= 4 is 11.3 Å². The minimum Gasteiger partial charge on any atom is -0.317 e. The van der Waals surface area contributed by atoms with Gasteiger partial charge in [0.2, 0.25) is 0 Å². The fourth-order valence-electron chi connectivity index (χ4n) is 2.88. The second kappa shape index (κ2) is 8.03. The van der Waals surface area contributed by atoms with Crippen LogP contribution in [0.5, 0.6) is 0 Å². The summed E-state index contributed by atoms with van der Waals surface area (Å²) in [6.45, 7) is 9.47. The molecule has 19 heavy (non-hydrogen) atoms. The fourth-order valence-corrected chi connectivity index (χ4v) is 3.61. The van der Waals surface area contributed by atoms with Gasteiger partial charge in [-0.2, -0.15) is 0 Å². The van der Waals surface area contributed by atoms with Crippen LogP contribution in [0.1, 0.15) is 44.4 Å². The van der Waals surface area contributed by atoms with E-state index < -0.39 is 0 Å². The molecule has 2 heterocycles. The molecule has 0 amide bonds. The third-order valence-electron chi connectivity index (χ3n) is 4.19. The largest absolute Gasteiger partial charge is 0.317 e. The van der Waals surface area contributed by atoms with Crippen molar-refractivity contribution < 1.29 is 0 Å². The molecule has 0 spiro atoms. The molecule has 1 aromatic rings. The lowest BCUT2D eigenvalue weighted by molar-refractivity contribution is 0.202. The van der Waals surface area contributed by atoms with Crippen LogP contribution < -0.4 is 5.32 Å². The Labute approximate surface area is 122 Å². The Morgan fingerprint density at radius 3 is 2.79 bits per heavy atom. The summed E-state index contributed by atoms with van der Waals surface area (Å²) in [5.74, 6) is 0.969. The first-order valence-corrected chi connectivity index (χ1v) is 8.61. The molecule has 0 saturated carbocycles. The predicted molar refractivity (Wildman–Crippen MR) is 84.7 cm³/mol. The van der Waals surface area contributed by atoms with Crippen LogP contribution in [0.25, 0.3) is 0 Å². The first-order valence-electron chi connectivity index (χ1n) is 7.73. The Hall–Kier alpha value is -0.380. The highest BCUT2D eigenvalue weighted by Crippen LogP contribution is 2.19. The van der Waals surface area contributed by atoms with Gasteiger partial charge >= 0.3 is 0 Å². The lowest BCUT2D eigenvalue weighted by Gasteiger charge is -2.28. The second-order valence-corrected chi connectivity index (χ2v) is 7.01. The monoisotopic (exact) mass is 280 g/mol. The van der Waals surface area contributed by atoms with Gasteiger partial charge in [-0.25, -0.2) is 0 Å². The number of thiophene rings is 1. The van der Waals surface area contributed by atoms with Gasteiger partial charge in [0.05, 0.1) is 0 Å². The highest BCUT2D eigenvalue weighted by Gasteiger charge is 2.15. The maximum absolute atomic E-state index is 3.45. The molecular formula is C16H28N2S. The fraction of sp³-hybridized carbons (Fsp3) is 0.750. The molecule has 2 nitrogen and oxygen atoms in total. The van der Waals surface area contributed by atoms with E-state index in [0.717, 1.165) is 12.5 Å². The number of nitrogens with one attached hydrogen (secondary N) is 1. The van der Waals surface area contributed by atoms with Crippen LogP contribution in [-0.2, 0) is 6.54 Å². The van der Waals surface area contributed by atoms with E-state index in [1.807, 2.05) is 11.3 Å². The van der Waals surface area contributed by atoms with Crippen LogP contribution in [0.15, 0.2) is 17.5 Å². The Morgan fingerprint density at radius 2 is 2.16 bits per heavy atom. The van der Waals surface area contributed by atoms with Gasteiger partial charge in [-0.1, -0.05) is 6.07 Å². The normalized spacial score (nSPS) is 17.5. The van der Waals surface area contributed by atoms with Crippen molar-refractivity contribution in [1.29, 1.82) is 0 Å². The molecule has 1 saturated heterocycles. The lowest BCUT2D eigenvalue weighted by Crippen LogP contribution is -2.32. The number of piperidine rings is 1. The van der Waals surface area contributed by atoms with Gasteiger partial charge in [0, 0.05) is 17.5 Å². The first kappa shape index (κ1) is 15.0. The zero-order chi connectivity index (χ0) is 13.5. The van der Waals surface area contributed by atoms with E-state index in [-0.39, 0.29) is 0 Å². The topological polar surface area (TPSA) is 15.3 Å². The smallest absolute Gasteiger partial charge is 0.0330 e. The quantitative estimate of drug-likeness (QED) is 0.818. The van der Waals surface area contributed by atoms with E-state index in [1.54, 1.807) is 0 Å². The van der Waals surface area contributed by atoms with E-state index in [1.165, 1.54) is 50.2 Å². The van der Waals surface area contributed by atoms with E-state index in [9.17, 15) is 0 Å². The molecule has 1 fully saturated rings. The highest BCUT2D eigenvalue weighted by atomic mass is 32.1. The lowest BCUT2D eigenvalue weighted by atomic mass is 9.93. The van der Waals surface area contributed by atoms with E-state index in [4.69, 9.17) is 0 Å². The number of nitrogens with zero attached hydrogens (tertiary/aromatic N) is 1. The van der Waals surface area contributed by atoms with Gasteiger partial charge in [0.25, 0.3) is 0 Å². The van der Waals surface area contributed by atoms with Crippen LogP contribution in [0.4, 0.5) is 0 Å². The SMILES string of the molecule is CC(C)N(CCCC1CCNCC1)Cc1cccs1. The molecule has 108 valence electrons. The predicted octanol–water partition coefficient (Wildman–Crippen LogP) is 3.74. The van der Waals surface area contributed by atoms with Gasteiger partial charge < -0.3 is 5.32 Å². The summed E-state index contributed by atoms with van der Waals surface area (Å²) < 4.78 is 0. The summed E-state index contributed by atoms with van der Waals surface area (Å²) in [7, 11) is 0. The van der Waals surface area contributed by atoms with Crippen molar-refractivity contribution in [2.75, 3.05) is 19.6 Å². The molecule has 1 aliphatic heterocycles. The zero-order valence-corrected chi connectivity index (χ0v) is 13.2. The molecule has 0 radical (unpaired) electrons. The van der Waals surface area contributed by atoms with Crippen LogP contribution in [0.2, 0.25) is 0 Å². The molecule has 0 bridgehead atoms. The summed E-state index contributed by atoms with van der Waals surface area (Å²) in [5, 5.41) is 5.64. The Morgan fingerprint density at radius 1 is 1.37 bits per heavy atom. The zero-order valence-electron chi connectivity index (χ0n) is 12.4. The van der Waals surface area contributed by atoms with Gasteiger partial charge in [-0.3, -0.25) is 4.90 Å². The minimum absolute atomic E-state index is 0.648. The summed E-state index contributed by atoms with van der Waals surface area (Å²) in [5.41, 5.74) is 0. The van der Waals surface area contributed by atoms with Crippen LogP contribution in [0.3, 0.4) is 0 Å². The summed E-state index contributed by atoms with van der Waals surface area (Å²) in [6, 6.07) is 5.07. The molecule has 0 aliphatic carbocycles. The second-order valence-electron chi connectivity index (χ2n) is 5.98. The molecule has 0 unspecified atom stereocenters. The molecular weight excluding hydrogens is 252 g/mol. The van der Waals surface area contributed by atoms with Crippen LogP contribution >= 0.6 is 11.3 Å². The number of hydrogen-bond donors (Lipinski definition) is 1. The van der Waals surface area contributed by atoms with Gasteiger partial charge in [0.1, 0.15) is 0 Å². The van der Waals surface area contributed by atoms with E-state index in [0.29, 0.717) is 6.04 Å². The van der Waals surface area contributed by atoms with Crippen molar-refractivity contribution in [1.82, 2.24) is 10.2 Å². The van der Waals surface area contributed by atoms with Crippen molar-refractivity contribution in [3.8, 4) is 0 Å². The van der Waals surface area contributed by atoms with Crippen molar-refractivity contribution in [2.45, 2.75) is 52.1 Å². The van der Waals surface area contributed by atoms with Crippen LogP contribution in [-0.4, -0.2) is 30.6 Å². The van der Waals surface area contributed by atoms with Crippen molar-refractivity contribution in [3.63, 3.8) is 0 Å². The standard InChI is InChI=1S/C16H28N2S/c1-14(2)18(13-16-6-4-12-19-16)11-3-5-15-7-9-17-10-8-15/h4,6,12,14-15,17H,3,5,7-11,13H2,1-2H3. The number of rotatable bonds is 7. The third-order valence-corrected chi connectivity index (χ3v) is 5.05. The average Bonchev–Trinajstić information content (AvgIpc) is 2.91. The van der Waals surface area contributed by atoms with Gasteiger partial charge in [-0.15, -0.1) is 11.3 Å². The molecule has 3 heteroatoms. The highest BCUT2D eigenvalue weighted by molar-refractivity contribution is 7.09. The molecule has 0 atom stereocenters. The molecule has 1 aliphatic rings. The summed E-state index contributed by atoms with van der Waals surface area (Å²) in [4.78, 5) is 4.11. The molecule has 1 N–H and O–H groups in total. The van der Waals surface area contributed by atoms with E-state index in [2.05, 4.69) is 41.6 Å². The van der Waals surface area contributed by atoms with Gasteiger partial charge in [-0.05, 0) is 76.5 Å². The van der Waals surface area contributed by atoms with E-state index >= 15 is 0 Å². The minimum atomic E-state index is 0.648. The Bertz CT molecular complexity index is 329. The molecule has 2 rings (SSSR count). The molecule has 0 aromatic carbocycles. The first-order chi connectivity index (χ1) is 9.25. The van der Waals surface area contributed by atoms with Crippen molar-refractivity contribution in [2.24, 2.45) is 5.92 Å².